The molecule has 3 fully saturated rings. The average Bonchev–Trinajstić information content (AvgIpc) is 3.10. The average molecular weight is 491 g/mol. The van der Waals surface area contributed by atoms with Crippen molar-refractivity contribution in [2.45, 2.75) is 44.0 Å². The van der Waals surface area contributed by atoms with E-state index in [1.807, 2.05) is 4.90 Å². The smallest absolute Gasteiger partial charge is 0.490 e. The number of alkyl halides is 3. The fraction of sp³-hybridized carbons (Fsp3) is 0.571. The molecule has 0 bridgehead atoms. The van der Waals surface area contributed by atoms with Gasteiger partial charge in [-0.15, -0.1) is 0 Å². The highest BCUT2D eigenvalue weighted by Crippen LogP contribution is 2.32. The summed E-state index contributed by atoms with van der Waals surface area (Å²) in [5.74, 6) is -3.90. The van der Waals surface area contributed by atoms with Gasteiger partial charge in [0.1, 0.15) is 11.6 Å². The van der Waals surface area contributed by atoms with E-state index >= 15 is 0 Å². The van der Waals surface area contributed by atoms with Crippen LogP contribution in [0.25, 0.3) is 0 Å². The molecule has 2 heterocycles. The summed E-state index contributed by atoms with van der Waals surface area (Å²) in [6.07, 6.45) is -2.81. The molecule has 3 aliphatic rings. The summed E-state index contributed by atoms with van der Waals surface area (Å²) in [6, 6.07) is 4.39. The number of ether oxygens (including phenoxy) is 1. The number of nitrogens with zero attached hydrogens (tertiary/aromatic N) is 2. The number of piperazine rings is 1. The Hall–Kier alpha value is -3.09. The van der Waals surface area contributed by atoms with Gasteiger partial charge in [0.2, 0.25) is 0 Å². The maximum Gasteiger partial charge on any atom is 0.490 e. The normalized spacial score (nSPS) is 24.7. The van der Waals surface area contributed by atoms with E-state index in [0.717, 1.165) is 13.1 Å². The van der Waals surface area contributed by atoms with Crippen molar-refractivity contribution in [2.24, 2.45) is 5.92 Å². The predicted octanol–water partition coefficient (Wildman–Crippen LogP) is 2.70. The van der Waals surface area contributed by atoms with Crippen LogP contribution >= 0.6 is 0 Å². The van der Waals surface area contributed by atoms with Crippen molar-refractivity contribution < 1.29 is 46.9 Å². The van der Waals surface area contributed by atoms with E-state index in [1.165, 1.54) is 12.1 Å². The fourth-order valence-corrected chi connectivity index (χ4v) is 4.23. The number of halogens is 4. The predicted molar refractivity (Wildman–Crippen MR) is 110 cm³/mol. The number of hydrogen-bond acceptors (Lipinski definition) is 5. The van der Waals surface area contributed by atoms with Crippen molar-refractivity contribution in [3.8, 4) is 5.75 Å². The lowest BCUT2D eigenvalue weighted by atomic mass is 9.87. The van der Waals surface area contributed by atoms with Crippen LogP contribution in [0.4, 0.5) is 28.0 Å². The summed E-state index contributed by atoms with van der Waals surface area (Å²) in [6.45, 7) is 2.70. The summed E-state index contributed by atoms with van der Waals surface area (Å²) in [4.78, 5) is 36.0. The Morgan fingerprint density at radius 1 is 1.09 bits per heavy atom. The third-order valence-corrected chi connectivity index (χ3v) is 5.96. The van der Waals surface area contributed by atoms with Crippen LogP contribution in [0.1, 0.15) is 25.7 Å². The Kier molecular flexibility index (Phi) is 7.85. The number of rotatable bonds is 4. The highest BCUT2D eigenvalue weighted by Gasteiger charge is 2.40. The molecule has 0 aromatic heterocycles. The molecule has 0 radical (unpaired) electrons. The van der Waals surface area contributed by atoms with Crippen LogP contribution in [0.15, 0.2) is 18.2 Å². The molecule has 2 saturated heterocycles. The van der Waals surface area contributed by atoms with E-state index in [0.29, 0.717) is 50.2 Å². The third-order valence-electron chi connectivity index (χ3n) is 5.96. The minimum atomic E-state index is -5.08. The number of carboxylic acids is 2. The molecule has 3 N–H and O–H groups in total. The summed E-state index contributed by atoms with van der Waals surface area (Å²) >= 11 is 0. The Morgan fingerprint density at radius 2 is 1.74 bits per heavy atom. The molecule has 2 aliphatic heterocycles. The van der Waals surface area contributed by atoms with Gasteiger partial charge in [-0.25, -0.2) is 14.0 Å². The van der Waals surface area contributed by atoms with Crippen molar-refractivity contribution in [1.82, 2.24) is 10.2 Å². The van der Waals surface area contributed by atoms with Gasteiger partial charge >= 0.3 is 24.1 Å². The zero-order valence-electron chi connectivity index (χ0n) is 18.1. The number of carboxylic acid groups (broad SMARTS) is 2. The lowest BCUT2D eigenvalue weighted by Gasteiger charge is -2.28. The number of carbonyl (C=O) groups is 3. The molecule has 1 saturated carbocycles. The van der Waals surface area contributed by atoms with Crippen molar-refractivity contribution in [1.29, 1.82) is 0 Å². The van der Waals surface area contributed by atoms with Gasteiger partial charge in [-0.05, 0) is 31.7 Å². The summed E-state index contributed by atoms with van der Waals surface area (Å²) in [7, 11) is 0. The van der Waals surface area contributed by atoms with Crippen molar-refractivity contribution in [3.63, 3.8) is 0 Å². The van der Waals surface area contributed by atoms with Gasteiger partial charge in [0, 0.05) is 38.3 Å². The van der Waals surface area contributed by atoms with Gasteiger partial charge in [0.15, 0.2) is 0 Å². The molecule has 2 amide bonds. The molecule has 1 aromatic carbocycles. The first-order valence-electron chi connectivity index (χ1n) is 10.7. The zero-order valence-corrected chi connectivity index (χ0v) is 18.1. The minimum absolute atomic E-state index is 0.0972. The van der Waals surface area contributed by atoms with Crippen LogP contribution in [-0.2, 0) is 9.59 Å². The SMILES string of the molecule is O=C(O)C(F)(F)F.O=C(O)C1CCC(Oc2cc(F)cc(N3C[C@@H]4CNCCN4C3=O)c2)CC1. The van der Waals surface area contributed by atoms with Crippen LogP contribution in [0.3, 0.4) is 0 Å². The topological polar surface area (TPSA) is 119 Å². The number of nitrogens with one attached hydrogen (secondary N) is 1. The summed E-state index contributed by atoms with van der Waals surface area (Å²) < 4.78 is 51.8. The molecule has 9 nitrogen and oxygen atoms in total. The first-order chi connectivity index (χ1) is 16.0. The van der Waals surface area contributed by atoms with Gasteiger partial charge in [-0.2, -0.15) is 13.2 Å². The molecule has 0 unspecified atom stereocenters. The molecule has 4 rings (SSSR count). The second kappa shape index (κ2) is 10.5. The zero-order chi connectivity index (χ0) is 25.0. The molecule has 1 atom stereocenters. The van der Waals surface area contributed by atoms with Gasteiger partial charge in [-0.1, -0.05) is 0 Å². The van der Waals surface area contributed by atoms with E-state index in [4.69, 9.17) is 19.7 Å². The van der Waals surface area contributed by atoms with Crippen LogP contribution < -0.4 is 15.0 Å². The molecule has 13 heteroatoms. The number of urea groups is 1. The van der Waals surface area contributed by atoms with E-state index < -0.39 is 23.9 Å². The van der Waals surface area contributed by atoms with Crippen LogP contribution in [-0.4, -0.2) is 77.6 Å². The molecule has 1 aliphatic carbocycles. The Morgan fingerprint density at radius 3 is 2.29 bits per heavy atom. The van der Waals surface area contributed by atoms with E-state index in [2.05, 4.69) is 5.32 Å². The summed E-state index contributed by atoms with van der Waals surface area (Å²) in [5, 5.41) is 19.5. The Bertz CT molecular complexity index is 920. The molecule has 34 heavy (non-hydrogen) atoms. The maximum atomic E-state index is 14.2. The standard InChI is InChI=1S/C19H24FN3O4.C2HF3O2/c20-13-7-14(23-11-15-10-21-5-6-22(15)19(23)26)9-17(8-13)27-16-3-1-12(2-4-16)18(24)25;3-2(4,5)1(6)7/h7-9,12,15-16,21H,1-6,10-11H2,(H,24,25);(H,6,7)/t12?,15-,16?;/m0./s1. The van der Waals surface area contributed by atoms with Gasteiger partial charge < -0.3 is 25.2 Å². The van der Waals surface area contributed by atoms with Crippen LogP contribution in [0.5, 0.6) is 5.75 Å². The third kappa shape index (κ3) is 6.27. The minimum Gasteiger partial charge on any atom is -0.490 e. The lowest BCUT2D eigenvalue weighted by molar-refractivity contribution is -0.192. The highest BCUT2D eigenvalue weighted by atomic mass is 19.4. The number of fused-ring (bicyclic) bond motifs is 1. The van der Waals surface area contributed by atoms with Crippen LogP contribution in [0.2, 0.25) is 0 Å². The number of aliphatic carboxylic acids is 2. The van der Waals surface area contributed by atoms with Crippen molar-refractivity contribution >= 4 is 23.7 Å². The maximum absolute atomic E-state index is 14.2. The largest absolute Gasteiger partial charge is 0.490 e. The molecule has 1 aromatic rings. The first-order valence-corrected chi connectivity index (χ1v) is 10.7. The van der Waals surface area contributed by atoms with E-state index in [-0.39, 0.29) is 24.1 Å². The molecule has 188 valence electrons. The quantitative estimate of drug-likeness (QED) is 0.554. The number of benzene rings is 1. The first kappa shape index (κ1) is 25.5. The fourth-order valence-electron chi connectivity index (χ4n) is 4.23. The second-order valence-electron chi connectivity index (χ2n) is 8.32. The molecule has 0 spiro atoms. The molecular formula is C21H25F4N3O6. The highest BCUT2D eigenvalue weighted by molar-refractivity contribution is 5.95. The van der Waals surface area contributed by atoms with Crippen molar-refractivity contribution in [2.75, 3.05) is 31.1 Å². The monoisotopic (exact) mass is 491 g/mol. The van der Waals surface area contributed by atoms with Gasteiger partial charge in [0.05, 0.1) is 23.8 Å². The lowest BCUT2D eigenvalue weighted by Crippen LogP contribution is -2.49. The number of amides is 2. The Balaban J connectivity index is 0.000000406. The van der Waals surface area contributed by atoms with E-state index in [9.17, 15) is 27.2 Å². The Labute approximate surface area is 192 Å². The number of carbonyl (C=O) groups excluding carboxylic acids is 1. The van der Waals surface area contributed by atoms with Gasteiger partial charge in [0.25, 0.3) is 0 Å². The summed E-state index contributed by atoms with van der Waals surface area (Å²) in [5.41, 5.74) is 0.503. The molecular weight excluding hydrogens is 466 g/mol. The second-order valence-corrected chi connectivity index (χ2v) is 8.32. The van der Waals surface area contributed by atoms with Gasteiger partial charge in [-0.3, -0.25) is 9.69 Å². The van der Waals surface area contributed by atoms with E-state index in [1.54, 1.807) is 11.0 Å². The number of anilines is 1. The van der Waals surface area contributed by atoms with Crippen LogP contribution in [0, 0.1) is 11.7 Å². The number of hydrogen-bond donors (Lipinski definition) is 3. The van der Waals surface area contributed by atoms with Crippen molar-refractivity contribution in [3.05, 3.63) is 24.0 Å².